The third-order valence-corrected chi connectivity index (χ3v) is 5.49. The van der Waals surface area contributed by atoms with E-state index in [4.69, 9.17) is 4.74 Å². The number of amides is 1. The molecule has 1 aliphatic rings. The van der Waals surface area contributed by atoms with Crippen molar-refractivity contribution in [1.82, 2.24) is 15.3 Å². The molecule has 2 heterocycles. The molecule has 27 heavy (non-hydrogen) atoms. The molecule has 0 saturated heterocycles. The highest BCUT2D eigenvalue weighted by molar-refractivity contribution is 5.98. The summed E-state index contributed by atoms with van der Waals surface area (Å²) in [6.45, 7) is 0. The lowest BCUT2D eigenvalue weighted by molar-refractivity contribution is 0.0927. The number of carbonyl (C=O) groups is 1. The summed E-state index contributed by atoms with van der Waals surface area (Å²) in [5.74, 6) is 0.688. The van der Waals surface area contributed by atoms with Gasteiger partial charge >= 0.3 is 0 Å². The van der Waals surface area contributed by atoms with E-state index in [0.717, 1.165) is 47.1 Å². The standard InChI is InChI=1S/C22H21N3O2/c1-27-14-10-9-13-11-20(23-19(13)12-14)22(26)25-18-8-4-6-16-15-5-2-3-7-17(15)24-21(16)18/h2-3,5,7,9-12,18,23-24H,4,6,8H2,1H3,(H,25,26)/t18-/m1/s1. The molecule has 5 heteroatoms. The van der Waals surface area contributed by atoms with Gasteiger partial charge in [0.2, 0.25) is 0 Å². The molecule has 1 amide bonds. The maximum Gasteiger partial charge on any atom is 0.268 e. The van der Waals surface area contributed by atoms with Gasteiger partial charge in [0.1, 0.15) is 11.4 Å². The second-order valence-corrected chi connectivity index (χ2v) is 7.12. The third-order valence-electron chi connectivity index (χ3n) is 5.49. The number of nitrogens with one attached hydrogen (secondary N) is 3. The van der Waals surface area contributed by atoms with Gasteiger partial charge in [-0.25, -0.2) is 0 Å². The predicted octanol–water partition coefficient (Wildman–Crippen LogP) is 4.47. The minimum Gasteiger partial charge on any atom is -0.497 e. The molecule has 1 aliphatic carbocycles. The van der Waals surface area contributed by atoms with Crippen molar-refractivity contribution in [2.24, 2.45) is 0 Å². The lowest BCUT2D eigenvalue weighted by atomic mass is 9.91. The van der Waals surface area contributed by atoms with Gasteiger partial charge < -0.3 is 20.0 Å². The Kier molecular flexibility index (Phi) is 3.67. The molecule has 0 bridgehead atoms. The predicted molar refractivity (Wildman–Crippen MR) is 106 cm³/mol. The number of aromatic nitrogens is 2. The fraction of sp³-hybridized carbons (Fsp3) is 0.227. The van der Waals surface area contributed by atoms with E-state index in [0.29, 0.717) is 5.69 Å². The summed E-state index contributed by atoms with van der Waals surface area (Å²) in [6.07, 6.45) is 3.07. The van der Waals surface area contributed by atoms with Crippen molar-refractivity contribution in [2.75, 3.05) is 7.11 Å². The van der Waals surface area contributed by atoms with Crippen molar-refractivity contribution < 1.29 is 9.53 Å². The normalized spacial score (nSPS) is 16.4. The van der Waals surface area contributed by atoms with Crippen molar-refractivity contribution >= 4 is 27.7 Å². The monoisotopic (exact) mass is 359 g/mol. The number of ether oxygens (including phenoxy) is 1. The maximum absolute atomic E-state index is 12.9. The van der Waals surface area contributed by atoms with Crippen LogP contribution in [-0.2, 0) is 6.42 Å². The van der Waals surface area contributed by atoms with Crippen LogP contribution in [0.2, 0.25) is 0 Å². The van der Waals surface area contributed by atoms with Crippen LogP contribution in [-0.4, -0.2) is 23.0 Å². The Morgan fingerprint density at radius 1 is 1.11 bits per heavy atom. The summed E-state index contributed by atoms with van der Waals surface area (Å²) in [6, 6.07) is 16.0. The zero-order valence-electron chi connectivity index (χ0n) is 15.1. The number of rotatable bonds is 3. The zero-order chi connectivity index (χ0) is 18.4. The lowest BCUT2D eigenvalue weighted by Crippen LogP contribution is -2.31. The van der Waals surface area contributed by atoms with E-state index in [9.17, 15) is 4.79 Å². The SMILES string of the molecule is COc1ccc2cc(C(=O)N[C@@H]3CCCc4c3[nH]c3ccccc43)[nH]c2c1. The Labute approximate surface area is 156 Å². The molecule has 1 atom stereocenters. The van der Waals surface area contributed by atoms with Gasteiger partial charge in [-0.1, -0.05) is 18.2 Å². The topological polar surface area (TPSA) is 69.9 Å². The Balaban J connectivity index is 1.45. The molecule has 5 nitrogen and oxygen atoms in total. The average Bonchev–Trinajstić information content (AvgIpc) is 3.29. The van der Waals surface area contributed by atoms with Gasteiger partial charge in [-0.15, -0.1) is 0 Å². The minimum atomic E-state index is -0.0818. The van der Waals surface area contributed by atoms with E-state index in [-0.39, 0.29) is 11.9 Å². The Bertz CT molecular complexity index is 1160. The minimum absolute atomic E-state index is 0.00889. The van der Waals surface area contributed by atoms with E-state index in [2.05, 4.69) is 33.5 Å². The number of carbonyl (C=O) groups excluding carboxylic acids is 1. The van der Waals surface area contributed by atoms with Crippen molar-refractivity contribution in [3.8, 4) is 5.75 Å². The van der Waals surface area contributed by atoms with Gasteiger partial charge in [0.05, 0.1) is 13.2 Å². The first-order chi connectivity index (χ1) is 13.2. The van der Waals surface area contributed by atoms with Crippen LogP contribution in [0.15, 0.2) is 48.5 Å². The van der Waals surface area contributed by atoms with E-state index < -0.39 is 0 Å². The third kappa shape index (κ3) is 2.67. The molecule has 0 radical (unpaired) electrons. The van der Waals surface area contributed by atoms with E-state index in [1.807, 2.05) is 30.3 Å². The molecule has 3 N–H and O–H groups in total. The first kappa shape index (κ1) is 16.0. The Morgan fingerprint density at radius 2 is 2.00 bits per heavy atom. The molecule has 0 spiro atoms. The van der Waals surface area contributed by atoms with E-state index >= 15 is 0 Å². The number of hydrogen-bond acceptors (Lipinski definition) is 2. The number of benzene rings is 2. The fourth-order valence-corrected chi connectivity index (χ4v) is 4.15. The lowest BCUT2D eigenvalue weighted by Gasteiger charge is -2.23. The molecule has 0 aliphatic heterocycles. The number of hydrogen-bond donors (Lipinski definition) is 3. The Hall–Kier alpha value is -3.21. The summed E-state index contributed by atoms with van der Waals surface area (Å²) in [5.41, 5.74) is 5.09. The number of aryl methyl sites for hydroxylation is 1. The smallest absolute Gasteiger partial charge is 0.268 e. The fourth-order valence-electron chi connectivity index (χ4n) is 4.15. The summed E-state index contributed by atoms with van der Waals surface area (Å²) in [5, 5.41) is 5.47. The first-order valence-electron chi connectivity index (χ1n) is 9.30. The molecule has 2 aromatic carbocycles. The summed E-state index contributed by atoms with van der Waals surface area (Å²) in [7, 11) is 1.64. The van der Waals surface area contributed by atoms with Crippen molar-refractivity contribution in [2.45, 2.75) is 25.3 Å². The average molecular weight is 359 g/mol. The maximum atomic E-state index is 12.9. The van der Waals surface area contributed by atoms with Gasteiger partial charge in [0, 0.05) is 33.6 Å². The first-order valence-corrected chi connectivity index (χ1v) is 9.30. The molecular formula is C22H21N3O2. The number of H-pyrrole nitrogens is 2. The van der Waals surface area contributed by atoms with Crippen LogP contribution in [0.4, 0.5) is 0 Å². The van der Waals surface area contributed by atoms with Gasteiger partial charge in [0.15, 0.2) is 0 Å². The van der Waals surface area contributed by atoms with Crippen LogP contribution in [0, 0.1) is 0 Å². The van der Waals surface area contributed by atoms with E-state index in [1.54, 1.807) is 7.11 Å². The van der Waals surface area contributed by atoms with Crippen molar-refractivity contribution in [3.05, 3.63) is 65.5 Å². The highest BCUT2D eigenvalue weighted by Gasteiger charge is 2.26. The largest absolute Gasteiger partial charge is 0.497 e. The quantitative estimate of drug-likeness (QED) is 0.505. The molecular weight excluding hydrogens is 338 g/mol. The van der Waals surface area contributed by atoms with Gasteiger partial charge in [0.25, 0.3) is 5.91 Å². The summed E-state index contributed by atoms with van der Waals surface area (Å²) in [4.78, 5) is 19.6. The number of aromatic amines is 2. The van der Waals surface area contributed by atoms with E-state index in [1.165, 1.54) is 10.9 Å². The van der Waals surface area contributed by atoms with Crippen LogP contribution in [0.1, 0.15) is 40.6 Å². The van der Waals surface area contributed by atoms with Crippen LogP contribution in [0.25, 0.3) is 21.8 Å². The second kappa shape index (κ2) is 6.20. The number of fused-ring (bicyclic) bond motifs is 4. The number of methoxy groups -OCH3 is 1. The molecule has 2 aromatic heterocycles. The highest BCUT2D eigenvalue weighted by Crippen LogP contribution is 2.34. The van der Waals surface area contributed by atoms with Crippen molar-refractivity contribution in [3.63, 3.8) is 0 Å². The highest BCUT2D eigenvalue weighted by atomic mass is 16.5. The van der Waals surface area contributed by atoms with Crippen LogP contribution < -0.4 is 10.1 Å². The second-order valence-electron chi connectivity index (χ2n) is 7.12. The summed E-state index contributed by atoms with van der Waals surface area (Å²) >= 11 is 0. The Morgan fingerprint density at radius 3 is 2.89 bits per heavy atom. The molecule has 136 valence electrons. The molecule has 0 saturated carbocycles. The summed E-state index contributed by atoms with van der Waals surface area (Å²) < 4.78 is 5.26. The van der Waals surface area contributed by atoms with Gasteiger partial charge in [-0.3, -0.25) is 4.79 Å². The van der Waals surface area contributed by atoms with Crippen LogP contribution in [0.3, 0.4) is 0 Å². The molecule has 5 rings (SSSR count). The molecule has 0 unspecified atom stereocenters. The van der Waals surface area contributed by atoms with Crippen molar-refractivity contribution in [1.29, 1.82) is 0 Å². The zero-order valence-corrected chi connectivity index (χ0v) is 15.1. The molecule has 0 fully saturated rings. The molecule has 4 aromatic rings. The van der Waals surface area contributed by atoms with Gasteiger partial charge in [-0.05, 0) is 49.1 Å². The number of para-hydroxylation sites is 1. The van der Waals surface area contributed by atoms with Crippen LogP contribution in [0.5, 0.6) is 5.75 Å². The van der Waals surface area contributed by atoms with Crippen LogP contribution >= 0.6 is 0 Å². The van der Waals surface area contributed by atoms with Gasteiger partial charge in [-0.2, -0.15) is 0 Å².